The Bertz CT molecular complexity index is 969. The number of hydrogen-bond acceptors (Lipinski definition) is 7. The fraction of sp³-hybridized carbons (Fsp3) is 0.304. The van der Waals surface area contributed by atoms with E-state index >= 15 is 0 Å². The molecular weight excluding hydrogens is 428 g/mol. The number of nitrogens with one attached hydrogen (secondary N) is 3. The summed E-state index contributed by atoms with van der Waals surface area (Å²) in [5.41, 5.74) is 3.29. The van der Waals surface area contributed by atoms with Crippen LogP contribution in [0.15, 0.2) is 53.6 Å². The number of anilines is 1. The molecule has 0 bridgehead atoms. The number of carbonyl (C=O) groups excluding carboxylic acids is 3. The van der Waals surface area contributed by atoms with Crippen molar-refractivity contribution in [3.8, 4) is 11.5 Å². The molecule has 1 fully saturated rings. The van der Waals surface area contributed by atoms with Crippen molar-refractivity contribution in [1.82, 2.24) is 10.7 Å². The average molecular weight is 454 g/mol. The number of nitrogens with zero attached hydrogens (tertiary/aromatic N) is 1. The molecule has 174 valence electrons. The zero-order valence-corrected chi connectivity index (χ0v) is 18.2. The van der Waals surface area contributed by atoms with Crippen LogP contribution in [0.4, 0.5) is 5.69 Å². The van der Waals surface area contributed by atoms with E-state index in [4.69, 9.17) is 14.2 Å². The smallest absolute Gasteiger partial charge is 0.329 e. The molecule has 2 aromatic carbocycles. The predicted molar refractivity (Wildman–Crippen MR) is 121 cm³/mol. The van der Waals surface area contributed by atoms with Gasteiger partial charge in [0.2, 0.25) is 0 Å². The maximum atomic E-state index is 11.9. The summed E-state index contributed by atoms with van der Waals surface area (Å²) in [4.78, 5) is 35.6. The van der Waals surface area contributed by atoms with Gasteiger partial charge in [-0.2, -0.15) is 5.10 Å². The number of amides is 3. The summed E-state index contributed by atoms with van der Waals surface area (Å²) < 4.78 is 15.9. The quantitative estimate of drug-likeness (QED) is 0.299. The Kier molecular flexibility index (Phi) is 8.78. The predicted octanol–water partition coefficient (Wildman–Crippen LogP) is 1.46. The molecule has 3 N–H and O–H groups in total. The van der Waals surface area contributed by atoms with Gasteiger partial charge in [0.1, 0.15) is 11.5 Å². The molecule has 33 heavy (non-hydrogen) atoms. The molecule has 10 nitrogen and oxygen atoms in total. The van der Waals surface area contributed by atoms with Crippen molar-refractivity contribution in [3.05, 3.63) is 54.1 Å². The number of rotatable bonds is 9. The first-order chi connectivity index (χ1) is 16.0. The molecule has 3 amide bonds. The van der Waals surface area contributed by atoms with Gasteiger partial charge < -0.3 is 24.8 Å². The first-order valence-electron chi connectivity index (χ1n) is 10.4. The Morgan fingerprint density at radius 3 is 2.45 bits per heavy atom. The molecule has 1 atom stereocenters. The SMILES string of the molecule is COc1ccc(NC(=O)C(=O)N/N=C\c2ccc(OCC(=O)NC[C@H]3CCCO3)cc2)cc1. The first-order valence-corrected chi connectivity index (χ1v) is 10.4. The van der Waals surface area contributed by atoms with Crippen LogP contribution in [-0.2, 0) is 19.1 Å². The van der Waals surface area contributed by atoms with Crippen molar-refractivity contribution < 1.29 is 28.6 Å². The van der Waals surface area contributed by atoms with Crippen LogP contribution >= 0.6 is 0 Å². The minimum Gasteiger partial charge on any atom is -0.497 e. The molecule has 1 aliphatic rings. The highest BCUT2D eigenvalue weighted by molar-refractivity contribution is 6.39. The molecule has 3 rings (SSSR count). The highest BCUT2D eigenvalue weighted by atomic mass is 16.5. The van der Waals surface area contributed by atoms with E-state index in [2.05, 4.69) is 21.2 Å². The number of hydrogen-bond donors (Lipinski definition) is 3. The van der Waals surface area contributed by atoms with Crippen molar-refractivity contribution in [2.75, 3.05) is 32.2 Å². The average Bonchev–Trinajstić information content (AvgIpc) is 3.36. The van der Waals surface area contributed by atoms with Crippen molar-refractivity contribution in [2.24, 2.45) is 5.10 Å². The Labute approximate surface area is 191 Å². The summed E-state index contributed by atoms with van der Waals surface area (Å²) >= 11 is 0. The Morgan fingerprint density at radius 2 is 1.79 bits per heavy atom. The highest BCUT2D eigenvalue weighted by Gasteiger charge is 2.16. The van der Waals surface area contributed by atoms with Gasteiger partial charge in [-0.05, 0) is 66.9 Å². The van der Waals surface area contributed by atoms with Gasteiger partial charge in [0.15, 0.2) is 6.61 Å². The molecule has 0 saturated carbocycles. The van der Waals surface area contributed by atoms with Crippen molar-refractivity contribution in [1.29, 1.82) is 0 Å². The second-order valence-electron chi connectivity index (χ2n) is 7.18. The van der Waals surface area contributed by atoms with Crippen LogP contribution in [0.3, 0.4) is 0 Å². The second kappa shape index (κ2) is 12.2. The molecule has 10 heteroatoms. The monoisotopic (exact) mass is 454 g/mol. The number of methoxy groups -OCH3 is 1. The van der Waals surface area contributed by atoms with E-state index in [-0.39, 0.29) is 18.6 Å². The van der Waals surface area contributed by atoms with Crippen LogP contribution in [0.2, 0.25) is 0 Å². The van der Waals surface area contributed by atoms with E-state index < -0.39 is 11.8 Å². The van der Waals surface area contributed by atoms with Gasteiger partial charge >= 0.3 is 11.8 Å². The molecule has 0 radical (unpaired) electrons. The molecule has 1 saturated heterocycles. The summed E-state index contributed by atoms with van der Waals surface area (Å²) in [5, 5.41) is 9.02. The zero-order valence-electron chi connectivity index (χ0n) is 18.2. The summed E-state index contributed by atoms with van der Waals surface area (Å²) in [6.45, 7) is 1.13. The fourth-order valence-corrected chi connectivity index (χ4v) is 2.96. The van der Waals surface area contributed by atoms with Gasteiger partial charge in [0, 0.05) is 18.8 Å². The van der Waals surface area contributed by atoms with E-state index in [0.717, 1.165) is 19.4 Å². The normalized spacial score (nSPS) is 15.1. The highest BCUT2D eigenvalue weighted by Crippen LogP contribution is 2.15. The van der Waals surface area contributed by atoms with Gasteiger partial charge in [-0.3, -0.25) is 14.4 Å². The van der Waals surface area contributed by atoms with Crippen LogP contribution in [0, 0.1) is 0 Å². The largest absolute Gasteiger partial charge is 0.497 e. The van der Waals surface area contributed by atoms with Crippen LogP contribution in [-0.4, -0.2) is 56.9 Å². The van der Waals surface area contributed by atoms with Crippen molar-refractivity contribution >= 4 is 29.6 Å². The molecule has 1 heterocycles. The summed E-state index contributed by atoms with van der Waals surface area (Å²) in [5.74, 6) is -0.819. The fourth-order valence-electron chi connectivity index (χ4n) is 2.96. The Balaban J connectivity index is 1.37. The van der Waals surface area contributed by atoms with Crippen LogP contribution in [0.25, 0.3) is 0 Å². The lowest BCUT2D eigenvalue weighted by atomic mass is 10.2. The lowest BCUT2D eigenvalue weighted by Gasteiger charge is -2.11. The molecule has 2 aromatic rings. The molecule has 0 aromatic heterocycles. The summed E-state index contributed by atoms with van der Waals surface area (Å²) in [7, 11) is 1.53. The van der Waals surface area contributed by atoms with Crippen molar-refractivity contribution in [3.63, 3.8) is 0 Å². The topological polar surface area (TPSA) is 127 Å². The lowest BCUT2D eigenvalue weighted by Crippen LogP contribution is -2.35. The summed E-state index contributed by atoms with van der Waals surface area (Å²) in [6, 6.07) is 13.3. The lowest BCUT2D eigenvalue weighted by molar-refractivity contribution is -0.136. The number of carbonyl (C=O) groups is 3. The van der Waals surface area contributed by atoms with Gasteiger partial charge in [-0.1, -0.05) is 0 Å². The van der Waals surface area contributed by atoms with Crippen LogP contribution < -0.4 is 25.5 Å². The standard InChI is InChI=1S/C23H26N4O6/c1-31-18-10-6-17(7-11-18)26-22(29)23(30)27-25-13-16-4-8-19(9-5-16)33-15-21(28)24-14-20-3-2-12-32-20/h4-11,13,20H,2-3,12,14-15H2,1H3,(H,24,28)(H,26,29)(H,27,30)/b25-13-/t20-/m1/s1. The van der Waals surface area contributed by atoms with Gasteiger partial charge in [0.25, 0.3) is 5.91 Å². The van der Waals surface area contributed by atoms with Gasteiger partial charge in [-0.15, -0.1) is 0 Å². The van der Waals surface area contributed by atoms with Gasteiger partial charge in [-0.25, -0.2) is 5.43 Å². The second-order valence-corrected chi connectivity index (χ2v) is 7.18. The number of hydrazone groups is 1. The maximum absolute atomic E-state index is 11.9. The number of benzene rings is 2. The minimum atomic E-state index is -0.906. The zero-order chi connectivity index (χ0) is 23.5. The maximum Gasteiger partial charge on any atom is 0.329 e. The van der Waals surface area contributed by atoms with E-state index in [0.29, 0.717) is 29.3 Å². The van der Waals surface area contributed by atoms with Crippen molar-refractivity contribution in [2.45, 2.75) is 18.9 Å². The van der Waals surface area contributed by atoms with Gasteiger partial charge in [0.05, 0.1) is 19.4 Å². The molecule has 1 aliphatic heterocycles. The Hall–Kier alpha value is -3.92. The third-order valence-electron chi connectivity index (χ3n) is 4.73. The van der Waals surface area contributed by atoms with E-state index in [9.17, 15) is 14.4 Å². The van der Waals surface area contributed by atoms with Crippen LogP contribution in [0.1, 0.15) is 18.4 Å². The minimum absolute atomic E-state index is 0.0848. The molecular formula is C23H26N4O6. The van der Waals surface area contributed by atoms with E-state index in [1.54, 1.807) is 48.5 Å². The third kappa shape index (κ3) is 7.93. The van der Waals surface area contributed by atoms with E-state index in [1.165, 1.54) is 13.3 Å². The molecule has 0 spiro atoms. The molecule has 0 aliphatic carbocycles. The Morgan fingerprint density at radius 1 is 1.06 bits per heavy atom. The third-order valence-corrected chi connectivity index (χ3v) is 4.73. The molecule has 0 unspecified atom stereocenters. The van der Waals surface area contributed by atoms with Crippen LogP contribution in [0.5, 0.6) is 11.5 Å². The number of ether oxygens (including phenoxy) is 3. The first kappa shape index (κ1) is 23.7. The van der Waals surface area contributed by atoms with E-state index in [1.807, 2.05) is 0 Å². The summed E-state index contributed by atoms with van der Waals surface area (Å²) in [6.07, 6.45) is 3.45.